The second kappa shape index (κ2) is 10.8. The summed E-state index contributed by atoms with van der Waals surface area (Å²) in [7, 11) is 0. The van der Waals surface area contributed by atoms with Gasteiger partial charge in [-0.05, 0) is 55.6 Å². The number of carbonyl (C=O) groups excluding carboxylic acids is 2. The summed E-state index contributed by atoms with van der Waals surface area (Å²) in [6.45, 7) is 2.03. The van der Waals surface area contributed by atoms with Crippen LogP contribution in [0.5, 0.6) is 0 Å². The van der Waals surface area contributed by atoms with Crippen LogP contribution < -0.4 is 16.0 Å². The molecular formula is C22H28Cl2N4O2. The summed E-state index contributed by atoms with van der Waals surface area (Å²) in [6, 6.07) is 12.7. The molecule has 1 aromatic heterocycles. The zero-order valence-corrected chi connectivity index (χ0v) is 18.4. The number of benzene rings is 1. The Labute approximate surface area is 189 Å². The molecule has 3 N–H and O–H groups in total. The van der Waals surface area contributed by atoms with Crippen molar-refractivity contribution in [3.05, 3.63) is 59.9 Å². The fourth-order valence-corrected chi connectivity index (χ4v) is 4.46. The van der Waals surface area contributed by atoms with Crippen LogP contribution in [-0.2, 0) is 11.3 Å². The average molecular weight is 451 g/mol. The van der Waals surface area contributed by atoms with Gasteiger partial charge in [-0.3, -0.25) is 14.6 Å². The number of carbonyl (C=O) groups is 2. The van der Waals surface area contributed by atoms with Crippen molar-refractivity contribution in [2.24, 2.45) is 11.3 Å². The highest BCUT2D eigenvalue weighted by Gasteiger charge is 2.49. The first-order chi connectivity index (χ1) is 13.7. The molecule has 30 heavy (non-hydrogen) atoms. The van der Waals surface area contributed by atoms with E-state index < -0.39 is 0 Å². The van der Waals surface area contributed by atoms with Gasteiger partial charge in [0.25, 0.3) is 5.91 Å². The predicted molar refractivity (Wildman–Crippen MR) is 122 cm³/mol. The molecule has 8 heteroatoms. The Kier molecular flexibility index (Phi) is 8.65. The summed E-state index contributed by atoms with van der Waals surface area (Å²) >= 11 is 0. The molecule has 2 heterocycles. The standard InChI is InChI=1S/C22H26N4O2.2ClH/c27-20(25-14-19-8-2-4-11-24-19)16-6-5-9-18(12-16)26-21(28)22-10-3-1-7-17(22)13-23-15-22;;/h2,4-6,8-9,11-12,17,23H,1,3,7,10,13-15H2,(H,25,27)(H,26,28);2*1H/t17-,22+;;/m0../s1. The Hall–Kier alpha value is -2.15. The molecule has 1 aromatic carbocycles. The van der Waals surface area contributed by atoms with Crippen LogP contribution in [0.15, 0.2) is 48.7 Å². The number of hydrogen-bond acceptors (Lipinski definition) is 4. The monoisotopic (exact) mass is 450 g/mol. The van der Waals surface area contributed by atoms with E-state index in [0.717, 1.165) is 38.0 Å². The normalized spacial score (nSPS) is 22.1. The molecule has 2 aromatic rings. The quantitative estimate of drug-likeness (QED) is 0.649. The molecule has 1 saturated carbocycles. The number of nitrogens with one attached hydrogen (secondary N) is 3. The average Bonchev–Trinajstić information content (AvgIpc) is 3.18. The molecule has 2 fully saturated rings. The van der Waals surface area contributed by atoms with Gasteiger partial charge >= 0.3 is 0 Å². The summed E-state index contributed by atoms with van der Waals surface area (Å²) in [5.74, 6) is 0.303. The smallest absolute Gasteiger partial charge is 0.251 e. The number of halogens is 2. The van der Waals surface area contributed by atoms with Crippen LogP contribution in [0.2, 0.25) is 0 Å². The number of fused-ring (bicyclic) bond motifs is 1. The molecule has 2 amide bonds. The molecule has 2 atom stereocenters. The van der Waals surface area contributed by atoms with Gasteiger partial charge in [-0.1, -0.05) is 25.0 Å². The molecule has 0 unspecified atom stereocenters. The van der Waals surface area contributed by atoms with Crippen LogP contribution in [-0.4, -0.2) is 29.9 Å². The SMILES string of the molecule is Cl.Cl.O=C(NCc1ccccn1)c1cccc(NC(=O)[C@@]23CCCC[C@H]2CNC3)c1. The van der Waals surface area contributed by atoms with Crippen LogP contribution in [0.3, 0.4) is 0 Å². The largest absolute Gasteiger partial charge is 0.346 e. The lowest BCUT2D eigenvalue weighted by molar-refractivity contribution is -0.128. The lowest BCUT2D eigenvalue weighted by Crippen LogP contribution is -2.44. The van der Waals surface area contributed by atoms with Crippen molar-refractivity contribution in [2.45, 2.75) is 32.2 Å². The minimum atomic E-state index is -0.310. The van der Waals surface area contributed by atoms with E-state index in [1.54, 1.807) is 24.4 Å². The van der Waals surface area contributed by atoms with Gasteiger partial charge in [-0.2, -0.15) is 0 Å². The highest BCUT2D eigenvalue weighted by Crippen LogP contribution is 2.44. The number of aromatic nitrogens is 1. The van der Waals surface area contributed by atoms with Gasteiger partial charge in [0.15, 0.2) is 0 Å². The van der Waals surface area contributed by atoms with Crippen LogP contribution in [0, 0.1) is 11.3 Å². The van der Waals surface area contributed by atoms with E-state index in [0.29, 0.717) is 23.7 Å². The maximum atomic E-state index is 13.1. The zero-order valence-electron chi connectivity index (χ0n) is 16.7. The lowest BCUT2D eigenvalue weighted by Gasteiger charge is -2.37. The highest BCUT2D eigenvalue weighted by molar-refractivity contribution is 5.99. The van der Waals surface area contributed by atoms with Crippen molar-refractivity contribution in [1.29, 1.82) is 0 Å². The Balaban J connectivity index is 0.00000160. The Bertz CT molecular complexity index is 865. The maximum absolute atomic E-state index is 13.1. The summed E-state index contributed by atoms with van der Waals surface area (Å²) in [4.78, 5) is 29.8. The topological polar surface area (TPSA) is 83.1 Å². The number of anilines is 1. The molecular weight excluding hydrogens is 423 g/mol. The van der Waals surface area contributed by atoms with E-state index in [1.807, 2.05) is 24.3 Å². The number of amides is 2. The summed E-state index contributed by atoms with van der Waals surface area (Å²) in [6.07, 6.45) is 6.04. The third-order valence-electron chi connectivity index (χ3n) is 6.03. The van der Waals surface area contributed by atoms with Crippen LogP contribution in [0.25, 0.3) is 0 Å². The molecule has 1 aliphatic carbocycles. The fourth-order valence-electron chi connectivity index (χ4n) is 4.46. The predicted octanol–water partition coefficient (Wildman–Crippen LogP) is 3.57. The fraction of sp³-hybridized carbons (Fsp3) is 0.409. The number of hydrogen-bond donors (Lipinski definition) is 3. The van der Waals surface area contributed by atoms with Gasteiger partial charge in [0, 0.05) is 24.0 Å². The highest BCUT2D eigenvalue weighted by atomic mass is 35.5. The van der Waals surface area contributed by atoms with Gasteiger partial charge in [-0.25, -0.2) is 0 Å². The van der Waals surface area contributed by atoms with E-state index >= 15 is 0 Å². The van der Waals surface area contributed by atoms with E-state index in [9.17, 15) is 9.59 Å². The van der Waals surface area contributed by atoms with E-state index in [1.165, 1.54) is 6.42 Å². The molecule has 162 valence electrons. The minimum absolute atomic E-state index is 0. The van der Waals surface area contributed by atoms with Crippen molar-refractivity contribution in [1.82, 2.24) is 15.6 Å². The van der Waals surface area contributed by atoms with E-state index in [2.05, 4.69) is 20.9 Å². The first-order valence-electron chi connectivity index (χ1n) is 9.98. The Morgan fingerprint density at radius 1 is 1.13 bits per heavy atom. The molecule has 0 bridgehead atoms. The van der Waals surface area contributed by atoms with Crippen molar-refractivity contribution in [3.8, 4) is 0 Å². The van der Waals surface area contributed by atoms with Crippen LogP contribution in [0.4, 0.5) is 5.69 Å². The first-order valence-corrected chi connectivity index (χ1v) is 9.98. The number of pyridine rings is 1. The number of nitrogens with zero attached hydrogens (tertiary/aromatic N) is 1. The first kappa shape index (κ1) is 24.1. The third-order valence-corrected chi connectivity index (χ3v) is 6.03. The van der Waals surface area contributed by atoms with E-state index in [-0.39, 0.29) is 42.0 Å². The Morgan fingerprint density at radius 2 is 2.00 bits per heavy atom. The van der Waals surface area contributed by atoms with Gasteiger partial charge < -0.3 is 16.0 Å². The van der Waals surface area contributed by atoms with Gasteiger partial charge in [0.1, 0.15) is 0 Å². The number of rotatable bonds is 5. The van der Waals surface area contributed by atoms with Crippen molar-refractivity contribution >= 4 is 42.3 Å². The molecule has 4 rings (SSSR count). The van der Waals surface area contributed by atoms with Crippen molar-refractivity contribution in [3.63, 3.8) is 0 Å². The lowest BCUT2D eigenvalue weighted by atomic mass is 9.67. The molecule has 2 aliphatic rings. The molecule has 0 radical (unpaired) electrons. The van der Waals surface area contributed by atoms with Gasteiger partial charge in [0.05, 0.1) is 17.7 Å². The van der Waals surface area contributed by atoms with Crippen LogP contribution in [0.1, 0.15) is 41.7 Å². The van der Waals surface area contributed by atoms with Gasteiger partial charge in [-0.15, -0.1) is 24.8 Å². The van der Waals surface area contributed by atoms with Crippen molar-refractivity contribution in [2.75, 3.05) is 18.4 Å². The summed E-state index contributed by atoms with van der Waals surface area (Å²) < 4.78 is 0. The summed E-state index contributed by atoms with van der Waals surface area (Å²) in [5.41, 5.74) is 1.68. The molecule has 1 saturated heterocycles. The third kappa shape index (κ3) is 5.12. The Morgan fingerprint density at radius 3 is 2.80 bits per heavy atom. The maximum Gasteiger partial charge on any atom is 0.251 e. The minimum Gasteiger partial charge on any atom is -0.346 e. The molecule has 0 spiro atoms. The van der Waals surface area contributed by atoms with E-state index in [4.69, 9.17) is 0 Å². The summed E-state index contributed by atoms with van der Waals surface area (Å²) in [5, 5.41) is 9.35. The van der Waals surface area contributed by atoms with Crippen molar-refractivity contribution < 1.29 is 9.59 Å². The van der Waals surface area contributed by atoms with Gasteiger partial charge in [0.2, 0.25) is 5.91 Å². The van der Waals surface area contributed by atoms with Crippen LogP contribution >= 0.6 is 24.8 Å². The zero-order chi connectivity index (χ0) is 19.4. The molecule has 1 aliphatic heterocycles. The molecule has 6 nitrogen and oxygen atoms in total. The second-order valence-corrected chi connectivity index (χ2v) is 7.77. The second-order valence-electron chi connectivity index (χ2n) is 7.77.